The van der Waals surface area contributed by atoms with Gasteiger partial charge in [-0.15, -0.1) is 0 Å². The number of nitrogens with one attached hydrogen (secondary N) is 1. The van der Waals surface area contributed by atoms with Gasteiger partial charge in [0.1, 0.15) is 18.3 Å². The first kappa shape index (κ1) is 28.6. The minimum Gasteiger partial charge on any atom is -0.495 e. The van der Waals surface area contributed by atoms with Gasteiger partial charge in [-0.05, 0) is 55.7 Å². The number of aryl methyl sites for hydroxylation is 1. The van der Waals surface area contributed by atoms with Crippen LogP contribution in [0.5, 0.6) is 5.75 Å². The largest absolute Gasteiger partial charge is 0.495 e. The number of carbonyl (C=O) groups excluding carboxylic acids is 2. The second-order valence-electron chi connectivity index (χ2n) is 8.42. The first-order valence-corrected chi connectivity index (χ1v) is 14.1. The van der Waals surface area contributed by atoms with E-state index in [0.717, 1.165) is 39.0 Å². The highest BCUT2D eigenvalue weighted by atomic mass is 79.9. The van der Waals surface area contributed by atoms with E-state index in [1.54, 1.807) is 25.1 Å². The number of benzene rings is 2. The Kier molecular flexibility index (Phi) is 10.6. The summed E-state index contributed by atoms with van der Waals surface area (Å²) in [6.45, 7) is 5.68. The normalized spacial score (nSPS) is 12.1. The molecule has 10 heteroatoms. The fraction of sp³-hybridized carbons (Fsp3) is 0.440. The molecular weight excluding hydrogens is 534 g/mol. The maximum absolute atomic E-state index is 13.6. The maximum Gasteiger partial charge on any atom is 0.244 e. The maximum atomic E-state index is 13.6. The number of hydrogen-bond acceptors (Lipinski definition) is 5. The van der Waals surface area contributed by atoms with Gasteiger partial charge in [0, 0.05) is 17.6 Å². The van der Waals surface area contributed by atoms with Gasteiger partial charge in [0.05, 0.1) is 19.1 Å². The highest BCUT2D eigenvalue weighted by Gasteiger charge is 2.31. The van der Waals surface area contributed by atoms with Crippen molar-refractivity contribution in [2.24, 2.45) is 0 Å². The molecule has 0 aliphatic heterocycles. The molecule has 0 aromatic heterocycles. The van der Waals surface area contributed by atoms with Crippen LogP contribution in [0.15, 0.2) is 46.9 Å². The number of sulfonamides is 1. The molecule has 2 rings (SSSR count). The Morgan fingerprint density at radius 1 is 1.17 bits per heavy atom. The SMILES string of the molecule is CCCCNC(=O)C(C)N(Cc1cccc(Br)c1)C(=O)CN(c1cc(C)ccc1OC)S(C)(=O)=O. The number of nitrogens with zero attached hydrogens (tertiary/aromatic N) is 2. The number of carbonyl (C=O) groups is 2. The van der Waals surface area contributed by atoms with Crippen molar-refractivity contribution in [2.75, 3.05) is 30.8 Å². The van der Waals surface area contributed by atoms with Gasteiger partial charge in [0.25, 0.3) is 0 Å². The third-order valence-electron chi connectivity index (χ3n) is 5.52. The minimum atomic E-state index is -3.84. The predicted octanol–water partition coefficient (Wildman–Crippen LogP) is 3.87. The number of rotatable bonds is 12. The van der Waals surface area contributed by atoms with Gasteiger partial charge in [-0.3, -0.25) is 13.9 Å². The lowest BCUT2D eigenvalue weighted by Gasteiger charge is -2.32. The number of ether oxygens (including phenoxy) is 1. The summed E-state index contributed by atoms with van der Waals surface area (Å²) in [5.41, 5.74) is 1.89. The molecule has 0 bridgehead atoms. The zero-order chi connectivity index (χ0) is 26.2. The molecule has 1 unspecified atom stereocenters. The first-order chi connectivity index (χ1) is 16.5. The van der Waals surface area contributed by atoms with Gasteiger partial charge in [-0.1, -0.05) is 47.5 Å². The van der Waals surface area contributed by atoms with Crippen LogP contribution in [0.1, 0.15) is 37.8 Å². The van der Waals surface area contributed by atoms with Crippen LogP contribution in [0.2, 0.25) is 0 Å². The molecule has 2 aromatic rings. The van der Waals surface area contributed by atoms with Gasteiger partial charge in [0.15, 0.2) is 0 Å². The Bertz CT molecular complexity index is 1140. The molecular formula is C25H34BrN3O5S. The van der Waals surface area contributed by atoms with Gasteiger partial charge in [-0.25, -0.2) is 8.42 Å². The molecule has 2 aromatic carbocycles. The highest BCUT2D eigenvalue weighted by Crippen LogP contribution is 2.31. The van der Waals surface area contributed by atoms with Gasteiger partial charge >= 0.3 is 0 Å². The molecule has 35 heavy (non-hydrogen) atoms. The van der Waals surface area contributed by atoms with Crippen LogP contribution in [0.3, 0.4) is 0 Å². The second-order valence-corrected chi connectivity index (χ2v) is 11.2. The van der Waals surface area contributed by atoms with E-state index in [-0.39, 0.29) is 18.1 Å². The van der Waals surface area contributed by atoms with Gasteiger partial charge in [-0.2, -0.15) is 0 Å². The smallest absolute Gasteiger partial charge is 0.244 e. The quantitative estimate of drug-likeness (QED) is 0.393. The molecule has 0 saturated heterocycles. The summed E-state index contributed by atoms with van der Waals surface area (Å²) < 4.78 is 32.8. The molecule has 0 aliphatic rings. The lowest BCUT2D eigenvalue weighted by molar-refractivity contribution is -0.139. The third-order valence-corrected chi connectivity index (χ3v) is 7.14. The number of halogens is 1. The zero-order valence-electron chi connectivity index (χ0n) is 20.9. The van der Waals surface area contributed by atoms with E-state index in [1.807, 2.05) is 38.1 Å². The summed E-state index contributed by atoms with van der Waals surface area (Å²) in [6.07, 6.45) is 2.80. The topological polar surface area (TPSA) is 96.0 Å². The van der Waals surface area contributed by atoms with Crippen LogP contribution in [0.25, 0.3) is 0 Å². The second kappa shape index (κ2) is 12.9. The van der Waals surface area contributed by atoms with E-state index in [9.17, 15) is 18.0 Å². The van der Waals surface area contributed by atoms with Crippen molar-refractivity contribution in [1.29, 1.82) is 0 Å². The van der Waals surface area contributed by atoms with Crippen LogP contribution >= 0.6 is 15.9 Å². The van der Waals surface area contributed by atoms with Crippen molar-refractivity contribution in [3.8, 4) is 5.75 Å². The predicted molar refractivity (Wildman–Crippen MR) is 142 cm³/mol. The molecule has 0 heterocycles. The zero-order valence-corrected chi connectivity index (χ0v) is 23.3. The molecule has 0 spiro atoms. The summed E-state index contributed by atoms with van der Waals surface area (Å²) in [4.78, 5) is 27.9. The number of unbranched alkanes of at least 4 members (excludes halogenated alkanes) is 1. The van der Waals surface area contributed by atoms with Crippen LogP contribution in [-0.2, 0) is 26.2 Å². The molecule has 2 amide bonds. The standard InChI is InChI=1S/C25H34BrN3O5S/c1-6-7-13-27-25(31)19(3)28(16-20-9-8-10-21(26)15-20)24(30)17-29(35(5,32)33)22-14-18(2)11-12-23(22)34-4/h8-12,14-15,19H,6-7,13,16-17H2,1-5H3,(H,27,31). The van der Waals surface area contributed by atoms with Crippen molar-refractivity contribution in [1.82, 2.24) is 10.2 Å². The Balaban J connectivity index is 2.42. The van der Waals surface area contributed by atoms with Crippen LogP contribution < -0.4 is 14.4 Å². The molecule has 0 radical (unpaired) electrons. The molecule has 8 nitrogen and oxygen atoms in total. The Morgan fingerprint density at radius 2 is 1.89 bits per heavy atom. The summed E-state index contributed by atoms with van der Waals surface area (Å²) in [5.74, 6) is -0.462. The highest BCUT2D eigenvalue weighted by molar-refractivity contribution is 9.10. The lowest BCUT2D eigenvalue weighted by atomic mass is 10.1. The minimum absolute atomic E-state index is 0.142. The monoisotopic (exact) mass is 567 g/mol. The summed E-state index contributed by atoms with van der Waals surface area (Å²) in [7, 11) is -2.40. The summed E-state index contributed by atoms with van der Waals surface area (Å²) in [6, 6.07) is 11.7. The van der Waals surface area contributed by atoms with Crippen molar-refractivity contribution < 1.29 is 22.7 Å². The van der Waals surface area contributed by atoms with Crippen LogP contribution in [0, 0.1) is 6.92 Å². The Hall–Kier alpha value is -2.59. The first-order valence-electron chi connectivity index (χ1n) is 11.4. The van der Waals surface area contributed by atoms with Gasteiger partial charge in [0.2, 0.25) is 21.8 Å². The van der Waals surface area contributed by atoms with E-state index < -0.39 is 28.5 Å². The van der Waals surface area contributed by atoms with Crippen LogP contribution in [0.4, 0.5) is 5.69 Å². The number of methoxy groups -OCH3 is 1. The third kappa shape index (κ3) is 8.24. The van der Waals surface area contributed by atoms with E-state index in [0.29, 0.717) is 12.3 Å². The summed E-state index contributed by atoms with van der Waals surface area (Å²) >= 11 is 3.43. The van der Waals surface area contributed by atoms with E-state index in [1.165, 1.54) is 12.0 Å². The van der Waals surface area contributed by atoms with Crippen molar-refractivity contribution >= 4 is 43.5 Å². The van der Waals surface area contributed by atoms with E-state index in [4.69, 9.17) is 4.74 Å². The molecule has 1 atom stereocenters. The van der Waals surface area contributed by atoms with Gasteiger partial charge < -0.3 is 15.0 Å². The number of anilines is 1. The molecule has 0 fully saturated rings. The summed E-state index contributed by atoms with van der Waals surface area (Å²) in [5, 5.41) is 2.86. The Morgan fingerprint density at radius 3 is 2.49 bits per heavy atom. The lowest BCUT2D eigenvalue weighted by Crippen LogP contribution is -2.51. The van der Waals surface area contributed by atoms with E-state index in [2.05, 4.69) is 21.2 Å². The van der Waals surface area contributed by atoms with Crippen LogP contribution in [-0.4, -0.2) is 57.6 Å². The molecule has 0 aliphatic carbocycles. The average Bonchev–Trinajstić information content (AvgIpc) is 2.79. The Labute approximate surface area is 216 Å². The van der Waals surface area contributed by atoms with Crippen molar-refractivity contribution in [2.45, 2.75) is 46.2 Å². The molecule has 1 N–H and O–H groups in total. The average molecular weight is 569 g/mol. The van der Waals surface area contributed by atoms with Crippen molar-refractivity contribution in [3.05, 3.63) is 58.1 Å². The molecule has 0 saturated carbocycles. The fourth-order valence-electron chi connectivity index (χ4n) is 3.54. The number of amides is 2. The number of hydrogen-bond donors (Lipinski definition) is 1. The fourth-order valence-corrected chi connectivity index (χ4v) is 4.83. The van der Waals surface area contributed by atoms with E-state index >= 15 is 0 Å². The van der Waals surface area contributed by atoms with Crippen molar-refractivity contribution in [3.63, 3.8) is 0 Å². The molecule has 192 valence electrons.